The Hall–Kier alpha value is -2.91. The third-order valence-electron chi connectivity index (χ3n) is 3.88. The topological polar surface area (TPSA) is 97.4 Å². The highest BCUT2D eigenvalue weighted by atomic mass is 32.2. The zero-order valence-corrected chi connectivity index (χ0v) is 17.1. The van der Waals surface area contributed by atoms with Gasteiger partial charge in [-0.15, -0.1) is 11.3 Å². The molecule has 0 bridgehead atoms. The Kier molecular flexibility index (Phi) is 5.66. The Morgan fingerprint density at radius 1 is 1.11 bits per heavy atom. The highest BCUT2D eigenvalue weighted by Gasteiger charge is 2.18. The molecule has 0 spiro atoms. The number of anilines is 2. The van der Waals surface area contributed by atoms with Crippen LogP contribution in [-0.4, -0.2) is 26.4 Å². The molecule has 0 aliphatic carbocycles. The number of methoxy groups -OCH3 is 1. The first-order valence-electron chi connectivity index (χ1n) is 8.30. The summed E-state index contributed by atoms with van der Waals surface area (Å²) in [4.78, 5) is 17.7. The molecule has 0 aliphatic heterocycles. The maximum absolute atomic E-state index is 12.7. The van der Waals surface area contributed by atoms with Gasteiger partial charge < -0.3 is 4.74 Å². The van der Waals surface area contributed by atoms with E-state index in [4.69, 9.17) is 4.74 Å². The number of nitrogens with zero attached hydrogens (tertiary/aromatic N) is 1. The number of nitrogens with one attached hydrogen (secondary N) is 2. The first-order chi connectivity index (χ1) is 13.3. The van der Waals surface area contributed by atoms with Crippen LogP contribution in [0.15, 0.2) is 53.6 Å². The summed E-state index contributed by atoms with van der Waals surface area (Å²) in [5.41, 5.74) is 1.40. The minimum atomic E-state index is -3.83. The van der Waals surface area contributed by atoms with Crippen molar-refractivity contribution in [3.05, 3.63) is 64.7 Å². The number of carbonyl (C=O) groups excluding carboxylic acids is 1. The molecule has 0 atom stereocenters. The number of sulfonamides is 1. The molecule has 2 aromatic carbocycles. The molecule has 0 unspecified atom stereocenters. The molecular formula is C19H19N3O4S2. The summed E-state index contributed by atoms with van der Waals surface area (Å²) in [5, 5.41) is 3.17. The molecule has 1 amide bonds. The quantitative estimate of drug-likeness (QED) is 0.635. The number of aromatic nitrogens is 1. The van der Waals surface area contributed by atoms with Crippen molar-refractivity contribution in [2.75, 3.05) is 17.1 Å². The number of rotatable bonds is 6. The van der Waals surface area contributed by atoms with Gasteiger partial charge in [-0.2, -0.15) is 0 Å². The fourth-order valence-electron chi connectivity index (χ4n) is 2.43. The van der Waals surface area contributed by atoms with E-state index >= 15 is 0 Å². The van der Waals surface area contributed by atoms with Crippen molar-refractivity contribution in [1.29, 1.82) is 0 Å². The summed E-state index contributed by atoms with van der Waals surface area (Å²) in [6.45, 7) is 3.76. The molecule has 0 radical (unpaired) electrons. The molecule has 3 rings (SSSR count). The Morgan fingerprint density at radius 3 is 2.43 bits per heavy atom. The van der Waals surface area contributed by atoms with Gasteiger partial charge in [0.15, 0.2) is 5.13 Å². The van der Waals surface area contributed by atoms with Gasteiger partial charge in [0, 0.05) is 16.6 Å². The van der Waals surface area contributed by atoms with E-state index in [0.717, 1.165) is 10.4 Å². The standard InChI is InChI=1S/C19H19N3O4S2/c1-12-4-7-15(8-5-12)28(24,25)22-16-10-14(6-9-17(16)26-3)18(23)21-19-20-11-13(2)27-19/h4-11,22H,1-3H3,(H,20,21,23). The van der Waals surface area contributed by atoms with Crippen LogP contribution in [0.4, 0.5) is 10.8 Å². The summed E-state index contributed by atoms with van der Waals surface area (Å²) >= 11 is 1.35. The third kappa shape index (κ3) is 4.49. The van der Waals surface area contributed by atoms with E-state index in [2.05, 4.69) is 15.0 Å². The molecule has 146 valence electrons. The second-order valence-electron chi connectivity index (χ2n) is 6.06. The van der Waals surface area contributed by atoms with E-state index in [1.807, 2.05) is 13.8 Å². The monoisotopic (exact) mass is 417 g/mol. The fourth-order valence-corrected chi connectivity index (χ4v) is 4.15. The molecule has 0 saturated heterocycles. The Labute approximate surface area is 167 Å². The summed E-state index contributed by atoms with van der Waals surface area (Å²) in [5.74, 6) is -0.0925. The van der Waals surface area contributed by atoms with Crippen molar-refractivity contribution in [2.45, 2.75) is 18.7 Å². The molecule has 1 heterocycles. The Morgan fingerprint density at radius 2 is 1.82 bits per heavy atom. The normalized spacial score (nSPS) is 11.1. The highest BCUT2D eigenvalue weighted by molar-refractivity contribution is 7.92. The molecule has 0 saturated carbocycles. The number of amides is 1. The lowest BCUT2D eigenvalue weighted by molar-refractivity contribution is 0.102. The summed E-state index contributed by atoms with van der Waals surface area (Å²) < 4.78 is 33.1. The van der Waals surface area contributed by atoms with Crippen LogP contribution in [0, 0.1) is 13.8 Å². The van der Waals surface area contributed by atoms with Crippen molar-refractivity contribution in [3.8, 4) is 5.75 Å². The number of thiazole rings is 1. The first-order valence-corrected chi connectivity index (χ1v) is 10.6. The van der Waals surface area contributed by atoms with Gasteiger partial charge in [-0.1, -0.05) is 17.7 Å². The third-order valence-corrected chi connectivity index (χ3v) is 6.09. The lowest BCUT2D eigenvalue weighted by Crippen LogP contribution is -2.16. The second kappa shape index (κ2) is 7.99. The minimum Gasteiger partial charge on any atom is -0.495 e. The zero-order valence-electron chi connectivity index (χ0n) is 15.5. The van der Waals surface area contributed by atoms with E-state index in [1.165, 1.54) is 42.7 Å². The molecule has 1 aromatic heterocycles. The number of hydrogen-bond acceptors (Lipinski definition) is 6. The van der Waals surface area contributed by atoms with Gasteiger partial charge in [-0.25, -0.2) is 13.4 Å². The SMILES string of the molecule is COc1ccc(C(=O)Nc2ncc(C)s2)cc1NS(=O)(=O)c1ccc(C)cc1. The van der Waals surface area contributed by atoms with Crippen LogP contribution in [0.25, 0.3) is 0 Å². The van der Waals surface area contributed by atoms with Crippen molar-refractivity contribution in [1.82, 2.24) is 4.98 Å². The second-order valence-corrected chi connectivity index (χ2v) is 8.98. The van der Waals surface area contributed by atoms with E-state index in [-0.39, 0.29) is 16.1 Å². The van der Waals surface area contributed by atoms with Gasteiger partial charge in [0.25, 0.3) is 15.9 Å². The van der Waals surface area contributed by atoms with Crippen LogP contribution >= 0.6 is 11.3 Å². The minimum absolute atomic E-state index is 0.119. The maximum atomic E-state index is 12.7. The highest BCUT2D eigenvalue weighted by Crippen LogP contribution is 2.29. The predicted octanol–water partition coefficient (Wildman–Crippen LogP) is 3.82. The van der Waals surface area contributed by atoms with E-state index in [9.17, 15) is 13.2 Å². The van der Waals surface area contributed by atoms with E-state index < -0.39 is 15.9 Å². The number of benzene rings is 2. The van der Waals surface area contributed by atoms with E-state index in [1.54, 1.807) is 24.4 Å². The first kappa shape index (κ1) is 19.8. The maximum Gasteiger partial charge on any atom is 0.262 e. The molecule has 3 aromatic rings. The summed E-state index contributed by atoms with van der Waals surface area (Å²) in [6, 6.07) is 11.0. The van der Waals surface area contributed by atoms with Crippen LogP contribution in [0.2, 0.25) is 0 Å². The number of aryl methyl sites for hydroxylation is 2. The van der Waals surface area contributed by atoms with Crippen molar-refractivity contribution in [2.24, 2.45) is 0 Å². The average Bonchev–Trinajstić information content (AvgIpc) is 3.06. The van der Waals surface area contributed by atoms with Crippen molar-refractivity contribution >= 4 is 38.1 Å². The lowest BCUT2D eigenvalue weighted by Gasteiger charge is -2.13. The van der Waals surface area contributed by atoms with Crippen molar-refractivity contribution < 1.29 is 17.9 Å². The smallest absolute Gasteiger partial charge is 0.262 e. The van der Waals surface area contributed by atoms with Gasteiger partial charge in [-0.3, -0.25) is 14.8 Å². The molecule has 9 heteroatoms. The van der Waals surface area contributed by atoms with E-state index in [0.29, 0.717) is 10.9 Å². The Balaban J connectivity index is 1.88. The molecule has 28 heavy (non-hydrogen) atoms. The van der Waals surface area contributed by atoms with Crippen LogP contribution in [0.3, 0.4) is 0 Å². The summed E-state index contributed by atoms with van der Waals surface area (Å²) in [7, 11) is -2.41. The van der Waals surface area contributed by atoms with Gasteiger partial charge in [0.1, 0.15) is 5.75 Å². The fraction of sp³-hybridized carbons (Fsp3) is 0.158. The molecular weight excluding hydrogens is 398 g/mol. The summed E-state index contributed by atoms with van der Waals surface area (Å²) in [6.07, 6.45) is 1.66. The Bertz CT molecular complexity index is 1110. The van der Waals surface area contributed by atoms with Crippen LogP contribution in [0.5, 0.6) is 5.75 Å². The van der Waals surface area contributed by atoms with Crippen LogP contribution in [0.1, 0.15) is 20.8 Å². The average molecular weight is 418 g/mol. The largest absolute Gasteiger partial charge is 0.495 e. The molecule has 7 nitrogen and oxygen atoms in total. The number of carbonyl (C=O) groups is 1. The van der Waals surface area contributed by atoms with Gasteiger partial charge in [0.05, 0.1) is 17.7 Å². The number of ether oxygens (including phenoxy) is 1. The van der Waals surface area contributed by atoms with Crippen LogP contribution < -0.4 is 14.8 Å². The van der Waals surface area contributed by atoms with Gasteiger partial charge in [0.2, 0.25) is 0 Å². The lowest BCUT2D eigenvalue weighted by atomic mass is 10.2. The van der Waals surface area contributed by atoms with Crippen molar-refractivity contribution in [3.63, 3.8) is 0 Å². The van der Waals surface area contributed by atoms with Gasteiger partial charge >= 0.3 is 0 Å². The molecule has 0 aliphatic rings. The van der Waals surface area contributed by atoms with Gasteiger partial charge in [-0.05, 0) is 44.2 Å². The molecule has 2 N–H and O–H groups in total. The number of hydrogen-bond donors (Lipinski definition) is 2. The zero-order chi connectivity index (χ0) is 20.3. The molecule has 0 fully saturated rings. The van der Waals surface area contributed by atoms with Crippen LogP contribution in [-0.2, 0) is 10.0 Å². The predicted molar refractivity (Wildman–Crippen MR) is 110 cm³/mol.